The van der Waals surface area contributed by atoms with Gasteiger partial charge in [-0.05, 0) is 34.7 Å². The summed E-state index contributed by atoms with van der Waals surface area (Å²) in [5.41, 5.74) is 0.760. The fourth-order valence-corrected chi connectivity index (χ4v) is 2.14. The van der Waals surface area contributed by atoms with Gasteiger partial charge in [-0.3, -0.25) is 0 Å². The molecule has 0 aliphatic rings. The molecule has 1 aromatic carbocycles. The summed E-state index contributed by atoms with van der Waals surface area (Å²) in [5, 5.41) is 0.618. The second-order valence-electron chi connectivity index (χ2n) is 1.97. The molecule has 0 aliphatic carbocycles. The summed E-state index contributed by atoms with van der Waals surface area (Å²) in [4.78, 5) is -0.542. The van der Waals surface area contributed by atoms with Crippen LogP contribution < -0.4 is 0 Å². The lowest BCUT2D eigenvalue weighted by Gasteiger charge is -2.03. The Morgan fingerprint density at radius 3 is 2.36 bits per heavy atom. The normalized spacial score (nSPS) is 10.6. The highest BCUT2D eigenvalue weighted by atomic mass is 127. The second kappa shape index (κ2) is 4.17. The topological polar surface area (TPSA) is 0 Å². The third kappa shape index (κ3) is 2.65. The van der Waals surface area contributed by atoms with Gasteiger partial charge in [0.15, 0.2) is 0 Å². The summed E-state index contributed by atoms with van der Waals surface area (Å²) in [6.07, 6.45) is 0. The zero-order valence-electron chi connectivity index (χ0n) is 5.32. The lowest BCUT2D eigenvalue weighted by molar-refractivity contribution is 1.34. The van der Waals surface area contributed by atoms with Gasteiger partial charge in [0.25, 0.3) is 0 Å². The van der Waals surface area contributed by atoms with Crippen molar-refractivity contribution in [3.63, 3.8) is 0 Å². The van der Waals surface area contributed by atoms with Crippen LogP contribution in [0.25, 0.3) is 0 Å². The number of hydrogen-bond donors (Lipinski definition) is 0. The molecule has 60 valence electrons. The van der Waals surface area contributed by atoms with Crippen LogP contribution in [0.5, 0.6) is 0 Å². The van der Waals surface area contributed by atoms with Crippen molar-refractivity contribution in [1.29, 1.82) is 0 Å². The molecule has 0 nitrogen and oxygen atoms in total. The van der Waals surface area contributed by atoms with E-state index in [4.69, 9.17) is 34.8 Å². The molecular weight excluding hydrogens is 317 g/mol. The highest BCUT2D eigenvalue weighted by Crippen LogP contribution is 2.31. The molecule has 0 N–H and O–H groups in total. The molecule has 11 heavy (non-hydrogen) atoms. The van der Waals surface area contributed by atoms with Crippen molar-refractivity contribution in [2.24, 2.45) is 0 Å². The van der Waals surface area contributed by atoms with E-state index in [-0.39, 0.29) is 0 Å². The molecule has 0 spiro atoms. The molecule has 0 bridgehead atoms. The number of halogens is 4. The molecule has 0 aliphatic heterocycles. The molecular formula is C7H4Cl3I. The second-order valence-corrected chi connectivity index (χ2v) is 4.72. The average Bonchev–Trinajstić information content (AvgIpc) is 1.85. The van der Waals surface area contributed by atoms with Gasteiger partial charge in [0.05, 0.1) is 0 Å². The molecule has 0 fully saturated rings. The first-order valence-corrected chi connectivity index (χ1v) is 5.17. The van der Waals surface area contributed by atoms with Crippen LogP contribution in [0.3, 0.4) is 0 Å². The first kappa shape index (κ1) is 9.90. The maximum Gasteiger partial charge on any atom is 0.134 e. The van der Waals surface area contributed by atoms with Gasteiger partial charge in [-0.2, -0.15) is 0 Å². The smallest absolute Gasteiger partial charge is 0.100 e. The summed E-state index contributed by atoms with van der Waals surface area (Å²) in [7, 11) is 0. The predicted molar refractivity (Wildman–Crippen MR) is 58.6 cm³/mol. The van der Waals surface area contributed by atoms with E-state index in [9.17, 15) is 0 Å². The maximum atomic E-state index is 5.85. The molecule has 0 radical (unpaired) electrons. The molecule has 0 amide bonds. The standard InChI is InChI=1S/C7H4Cl3I/c8-6-3-4(11)1-2-5(6)7(9)10/h1-3,7H. The average molecular weight is 321 g/mol. The minimum absolute atomic E-state index is 0.542. The van der Waals surface area contributed by atoms with Gasteiger partial charge in [-0.15, -0.1) is 23.2 Å². The van der Waals surface area contributed by atoms with Crippen LogP contribution in [0.2, 0.25) is 5.02 Å². The molecule has 1 aromatic rings. The molecule has 0 aromatic heterocycles. The summed E-state index contributed by atoms with van der Waals surface area (Å²) in [5.74, 6) is 0. The van der Waals surface area contributed by atoms with E-state index < -0.39 is 4.84 Å². The Labute approximate surface area is 94.0 Å². The van der Waals surface area contributed by atoms with Gasteiger partial charge in [-0.25, -0.2) is 0 Å². The zero-order valence-corrected chi connectivity index (χ0v) is 9.75. The van der Waals surface area contributed by atoms with Crippen molar-refractivity contribution in [1.82, 2.24) is 0 Å². The fourth-order valence-electron chi connectivity index (χ4n) is 0.678. The summed E-state index contributed by atoms with van der Waals surface area (Å²) in [6.45, 7) is 0. The summed E-state index contributed by atoms with van der Waals surface area (Å²) in [6, 6.07) is 5.57. The van der Waals surface area contributed by atoms with E-state index in [0.29, 0.717) is 5.02 Å². The molecule has 4 heteroatoms. The highest BCUT2D eigenvalue weighted by Gasteiger charge is 2.07. The van der Waals surface area contributed by atoms with Gasteiger partial charge >= 0.3 is 0 Å². The molecule has 0 saturated heterocycles. The van der Waals surface area contributed by atoms with Crippen LogP contribution in [0, 0.1) is 3.57 Å². The number of benzene rings is 1. The number of hydrogen-bond acceptors (Lipinski definition) is 0. The molecule has 1 rings (SSSR count). The van der Waals surface area contributed by atoms with Crippen LogP contribution in [0.1, 0.15) is 10.4 Å². The van der Waals surface area contributed by atoms with Crippen LogP contribution >= 0.6 is 57.4 Å². The zero-order chi connectivity index (χ0) is 8.43. The van der Waals surface area contributed by atoms with E-state index in [2.05, 4.69) is 22.6 Å². The lowest BCUT2D eigenvalue weighted by Crippen LogP contribution is -1.83. The van der Waals surface area contributed by atoms with E-state index in [1.54, 1.807) is 0 Å². The van der Waals surface area contributed by atoms with E-state index >= 15 is 0 Å². The Bertz CT molecular complexity index is 260. The van der Waals surface area contributed by atoms with Crippen molar-refractivity contribution in [2.75, 3.05) is 0 Å². The Balaban J connectivity index is 3.09. The van der Waals surface area contributed by atoms with Gasteiger partial charge in [0.2, 0.25) is 0 Å². The first-order chi connectivity index (χ1) is 5.11. The molecule has 0 unspecified atom stereocenters. The van der Waals surface area contributed by atoms with Crippen molar-refractivity contribution in [3.8, 4) is 0 Å². The van der Waals surface area contributed by atoms with E-state index in [1.807, 2.05) is 18.2 Å². The van der Waals surface area contributed by atoms with Gasteiger partial charge in [-0.1, -0.05) is 17.7 Å². The van der Waals surface area contributed by atoms with E-state index in [1.165, 1.54) is 0 Å². The van der Waals surface area contributed by atoms with E-state index in [0.717, 1.165) is 9.13 Å². The van der Waals surface area contributed by atoms with Crippen LogP contribution in [-0.2, 0) is 0 Å². The van der Waals surface area contributed by atoms with Crippen LogP contribution in [0.4, 0.5) is 0 Å². The monoisotopic (exact) mass is 320 g/mol. The highest BCUT2D eigenvalue weighted by molar-refractivity contribution is 14.1. The summed E-state index contributed by atoms with van der Waals surface area (Å²) >= 11 is 19.3. The Hall–Kier alpha value is 0.820. The van der Waals surface area contributed by atoms with Gasteiger partial charge in [0.1, 0.15) is 4.84 Å². The number of rotatable bonds is 1. The van der Waals surface area contributed by atoms with Crippen LogP contribution in [0.15, 0.2) is 18.2 Å². The first-order valence-electron chi connectivity index (χ1n) is 2.84. The van der Waals surface area contributed by atoms with Crippen molar-refractivity contribution in [3.05, 3.63) is 32.4 Å². The molecule has 0 saturated carbocycles. The summed E-state index contributed by atoms with van der Waals surface area (Å²) < 4.78 is 1.07. The van der Waals surface area contributed by atoms with Gasteiger partial charge < -0.3 is 0 Å². The Morgan fingerprint density at radius 2 is 1.91 bits per heavy atom. The molecule has 0 atom stereocenters. The predicted octanol–water partition coefficient (Wildman–Crippen LogP) is 4.42. The van der Waals surface area contributed by atoms with Gasteiger partial charge in [0, 0.05) is 14.2 Å². The quantitative estimate of drug-likeness (QED) is 0.530. The minimum Gasteiger partial charge on any atom is -0.100 e. The molecule has 0 heterocycles. The third-order valence-electron chi connectivity index (χ3n) is 1.20. The largest absolute Gasteiger partial charge is 0.134 e. The minimum atomic E-state index is -0.542. The lowest BCUT2D eigenvalue weighted by atomic mass is 10.2. The maximum absolute atomic E-state index is 5.85. The van der Waals surface area contributed by atoms with Crippen molar-refractivity contribution in [2.45, 2.75) is 4.84 Å². The van der Waals surface area contributed by atoms with Crippen molar-refractivity contribution >= 4 is 57.4 Å². The third-order valence-corrected chi connectivity index (χ3v) is 2.67. The van der Waals surface area contributed by atoms with Crippen molar-refractivity contribution < 1.29 is 0 Å². The Kier molecular flexibility index (Phi) is 3.75. The Morgan fingerprint density at radius 1 is 1.27 bits per heavy atom. The fraction of sp³-hybridized carbons (Fsp3) is 0.143. The van der Waals surface area contributed by atoms with Crippen LogP contribution in [-0.4, -0.2) is 0 Å². The number of alkyl halides is 2. The SMILES string of the molecule is Clc1cc(I)ccc1C(Cl)Cl.